The Hall–Kier alpha value is -1.59. The molecule has 0 aliphatic heterocycles. The van der Waals surface area contributed by atoms with E-state index in [2.05, 4.69) is 15.9 Å². The van der Waals surface area contributed by atoms with E-state index in [4.69, 9.17) is 21.4 Å². The molecule has 6 heteroatoms. The second-order valence-corrected chi connectivity index (χ2v) is 4.89. The van der Waals surface area contributed by atoms with E-state index >= 15 is 0 Å². The molecule has 0 radical (unpaired) electrons. The second kappa shape index (κ2) is 5.59. The zero-order valence-electron chi connectivity index (χ0n) is 9.36. The van der Waals surface area contributed by atoms with Crippen LogP contribution in [0.4, 0.5) is 4.39 Å². The van der Waals surface area contributed by atoms with Gasteiger partial charge in [-0.25, -0.2) is 9.18 Å². The Balaban J connectivity index is 2.44. The molecule has 1 N–H and O–H groups in total. The van der Waals surface area contributed by atoms with Gasteiger partial charge in [-0.2, -0.15) is 0 Å². The summed E-state index contributed by atoms with van der Waals surface area (Å²) in [5.74, 6) is -1.97. The van der Waals surface area contributed by atoms with Crippen LogP contribution in [0.2, 0.25) is 5.02 Å². The van der Waals surface area contributed by atoms with Gasteiger partial charge in [-0.3, -0.25) is 0 Å². The van der Waals surface area contributed by atoms with Crippen molar-refractivity contribution < 1.29 is 19.0 Å². The van der Waals surface area contributed by atoms with Crippen LogP contribution in [-0.4, -0.2) is 11.1 Å². The average molecular weight is 346 g/mol. The third-order valence-corrected chi connectivity index (χ3v) is 3.16. The topological polar surface area (TPSA) is 46.5 Å². The number of hydrogen-bond acceptors (Lipinski definition) is 2. The van der Waals surface area contributed by atoms with Crippen LogP contribution in [0.1, 0.15) is 10.4 Å². The maximum atomic E-state index is 13.5. The Morgan fingerprint density at radius 1 is 1.26 bits per heavy atom. The predicted molar refractivity (Wildman–Crippen MR) is 72.6 cm³/mol. The highest BCUT2D eigenvalue weighted by molar-refractivity contribution is 9.10. The molecule has 0 aliphatic carbocycles. The van der Waals surface area contributed by atoms with Gasteiger partial charge in [-0.05, 0) is 46.3 Å². The van der Waals surface area contributed by atoms with E-state index in [0.29, 0.717) is 15.2 Å². The molecule has 0 fully saturated rings. The van der Waals surface area contributed by atoms with Crippen LogP contribution in [0, 0.1) is 5.82 Å². The molecule has 0 heterocycles. The van der Waals surface area contributed by atoms with Gasteiger partial charge < -0.3 is 9.84 Å². The van der Waals surface area contributed by atoms with E-state index in [1.165, 1.54) is 12.1 Å². The minimum atomic E-state index is -1.39. The largest absolute Gasteiger partial charge is 0.477 e. The third kappa shape index (κ3) is 3.05. The van der Waals surface area contributed by atoms with Gasteiger partial charge in [0.2, 0.25) is 0 Å². The van der Waals surface area contributed by atoms with Crippen molar-refractivity contribution in [1.29, 1.82) is 0 Å². The van der Waals surface area contributed by atoms with Crippen molar-refractivity contribution in [2.24, 2.45) is 0 Å². The molecule has 0 saturated carbocycles. The van der Waals surface area contributed by atoms with E-state index < -0.39 is 17.3 Å². The number of rotatable bonds is 3. The summed E-state index contributed by atoms with van der Waals surface area (Å²) in [6.45, 7) is 0. The molecule has 0 aromatic heterocycles. The zero-order chi connectivity index (χ0) is 14.0. The van der Waals surface area contributed by atoms with Gasteiger partial charge in [0.15, 0.2) is 0 Å². The van der Waals surface area contributed by atoms with Crippen LogP contribution in [0.15, 0.2) is 40.9 Å². The second-order valence-electron chi connectivity index (χ2n) is 3.59. The van der Waals surface area contributed by atoms with Crippen LogP contribution in [0.25, 0.3) is 0 Å². The summed E-state index contributed by atoms with van der Waals surface area (Å²) in [6, 6.07) is 8.56. The summed E-state index contributed by atoms with van der Waals surface area (Å²) in [6.07, 6.45) is 0. The van der Waals surface area contributed by atoms with Crippen molar-refractivity contribution in [3.8, 4) is 11.5 Å². The normalized spacial score (nSPS) is 10.3. The van der Waals surface area contributed by atoms with Gasteiger partial charge in [-0.15, -0.1) is 0 Å². The van der Waals surface area contributed by atoms with Gasteiger partial charge in [0.1, 0.15) is 22.9 Å². The molecule has 2 aromatic rings. The van der Waals surface area contributed by atoms with Crippen LogP contribution >= 0.6 is 27.5 Å². The van der Waals surface area contributed by atoms with Gasteiger partial charge in [0.05, 0.1) is 4.47 Å². The van der Waals surface area contributed by atoms with Crippen molar-refractivity contribution >= 4 is 33.5 Å². The summed E-state index contributed by atoms with van der Waals surface area (Å²) in [7, 11) is 0. The van der Waals surface area contributed by atoms with Crippen LogP contribution in [0.3, 0.4) is 0 Å². The Labute approximate surface area is 121 Å². The van der Waals surface area contributed by atoms with Crippen molar-refractivity contribution in [2.45, 2.75) is 0 Å². The molecule has 98 valence electrons. The first kappa shape index (κ1) is 13.8. The summed E-state index contributed by atoms with van der Waals surface area (Å²) < 4.78 is 19.4. The van der Waals surface area contributed by atoms with E-state index in [1.807, 2.05) is 0 Å². The van der Waals surface area contributed by atoms with E-state index in [1.54, 1.807) is 18.2 Å². The lowest BCUT2D eigenvalue weighted by molar-refractivity contribution is 0.0689. The van der Waals surface area contributed by atoms with Crippen molar-refractivity contribution in [3.05, 3.63) is 57.3 Å². The van der Waals surface area contributed by atoms with E-state index in [0.717, 1.165) is 6.07 Å². The van der Waals surface area contributed by atoms with E-state index in [9.17, 15) is 9.18 Å². The molecule has 0 bridgehead atoms. The summed E-state index contributed by atoms with van der Waals surface area (Å²) >= 11 is 9.02. The average Bonchev–Trinajstić information content (AvgIpc) is 2.32. The Morgan fingerprint density at radius 2 is 2.00 bits per heavy atom. The zero-order valence-corrected chi connectivity index (χ0v) is 11.7. The molecular formula is C13H7BrClFO3. The van der Waals surface area contributed by atoms with Gasteiger partial charge in [-0.1, -0.05) is 17.7 Å². The van der Waals surface area contributed by atoms with Gasteiger partial charge in [0.25, 0.3) is 0 Å². The quantitative estimate of drug-likeness (QED) is 0.874. The first-order valence-corrected chi connectivity index (χ1v) is 6.31. The third-order valence-electron chi connectivity index (χ3n) is 2.30. The highest BCUT2D eigenvalue weighted by Crippen LogP contribution is 2.33. The molecule has 0 atom stereocenters. The summed E-state index contributed by atoms with van der Waals surface area (Å²) in [4.78, 5) is 11.0. The first-order chi connectivity index (χ1) is 8.99. The number of halogens is 3. The molecule has 0 amide bonds. The summed E-state index contributed by atoms with van der Waals surface area (Å²) in [5.41, 5.74) is -0.510. The molecule has 2 rings (SSSR count). The van der Waals surface area contributed by atoms with Crippen LogP contribution in [0.5, 0.6) is 11.5 Å². The fraction of sp³-hybridized carbons (Fsp3) is 0. The van der Waals surface area contributed by atoms with Gasteiger partial charge >= 0.3 is 5.97 Å². The highest BCUT2D eigenvalue weighted by Gasteiger charge is 2.18. The fourth-order valence-electron chi connectivity index (χ4n) is 1.47. The number of carboxylic acid groups (broad SMARTS) is 1. The minimum absolute atomic E-state index is 0.0736. The molecule has 19 heavy (non-hydrogen) atoms. The number of aromatic carboxylic acids is 1. The molecule has 0 spiro atoms. The number of carbonyl (C=O) groups is 1. The maximum absolute atomic E-state index is 13.5. The molecule has 2 aromatic carbocycles. The number of hydrogen-bond donors (Lipinski definition) is 1. The SMILES string of the molecule is O=C(O)c1c(F)cccc1Oc1ccc(Cl)cc1Br. The maximum Gasteiger partial charge on any atom is 0.342 e. The number of benzene rings is 2. The molecule has 0 saturated heterocycles. The van der Waals surface area contributed by atoms with Crippen LogP contribution in [-0.2, 0) is 0 Å². The Morgan fingerprint density at radius 3 is 2.63 bits per heavy atom. The minimum Gasteiger partial charge on any atom is -0.477 e. The lowest BCUT2D eigenvalue weighted by atomic mass is 10.2. The monoisotopic (exact) mass is 344 g/mol. The summed E-state index contributed by atoms with van der Waals surface area (Å²) in [5, 5.41) is 9.48. The fourth-order valence-corrected chi connectivity index (χ4v) is 2.24. The van der Waals surface area contributed by atoms with Crippen molar-refractivity contribution in [3.63, 3.8) is 0 Å². The van der Waals surface area contributed by atoms with E-state index in [-0.39, 0.29) is 5.75 Å². The van der Waals surface area contributed by atoms with Crippen LogP contribution < -0.4 is 4.74 Å². The number of carboxylic acids is 1. The smallest absolute Gasteiger partial charge is 0.342 e. The Bertz CT molecular complexity index is 646. The lowest BCUT2D eigenvalue weighted by Gasteiger charge is -2.10. The van der Waals surface area contributed by atoms with Gasteiger partial charge in [0, 0.05) is 5.02 Å². The molecule has 0 aliphatic rings. The van der Waals surface area contributed by atoms with Crippen molar-refractivity contribution in [2.75, 3.05) is 0 Å². The molecular weight excluding hydrogens is 338 g/mol. The predicted octanol–water partition coefficient (Wildman–Crippen LogP) is 4.73. The first-order valence-electron chi connectivity index (χ1n) is 5.13. The Kier molecular flexibility index (Phi) is 4.07. The van der Waals surface area contributed by atoms with Crippen molar-refractivity contribution in [1.82, 2.24) is 0 Å². The lowest BCUT2D eigenvalue weighted by Crippen LogP contribution is -2.03. The molecule has 0 unspecified atom stereocenters. The standard InChI is InChI=1S/C13H7BrClFO3/c14-8-6-7(15)4-5-10(8)19-11-3-1-2-9(16)12(11)13(17)18/h1-6H,(H,17,18). The molecule has 3 nitrogen and oxygen atoms in total. The highest BCUT2D eigenvalue weighted by atomic mass is 79.9. The number of ether oxygens (including phenoxy) is 1.